The van der Waals surface area contributed by atoms with Crippen LogP contribution in [0.5, 0.6) is 0 Å². The first-order valence-corrected chi connectivity index (χ1v) is 6.35. The molecule has 20 heavy (non-hydrogen) atoms. The number of nitrogens with one attached hydrogen (secondary N) is 1. The first-order chi connectivity index (χ1) is 9.36. The van der Waals surface area contributed by atoms with Gasteiger partial charge in [-0.3, -0.25) is 4.79 Å². The molecule has 0 saturated heterocycles. The van der Waals surface area contributed by atoms with Crippen molar-refractivity contribution in [1.29, 1.82) is 0 Å². The van der Waals surface area contributed by atoms with Crippen LogP contribution in [-0.2, 0) is 0 Å². The Labute approximate surface area is 113 Å². The SMILES string of the molecule is O=C(NC1CCCC(C(F)(F)F)C1)c1ccnc(F)c1. The molecule has 0 aliphatic heterocycles. The van der Waals surface area contributed by atoms with E-state index in [4.69, 9.17) is 0 Å². The molecule has 7 heteroatoms. The summed E-state index contributed by atoms with van der Waals surface area (Å²) in [6.45, 7) is 0. The smallest absolute Gasteiger partial charge is 0.349 e. The van der Waals surface area contributed by atoms with E-state index in [9.17, 15) is 22.4 Å². The molecule has 1 aliphatic carbocycles. The number of carbonyl (C=O) groups is 1. The Morgan fingerprint density at radius 1 is 1.35 bits per heavy atom. The Hall–Kier alpha value is -1.66. The van der Waals surface area contributed by atoms with Gasteiger partial charge in [0.1, 0.15) is 0 Å². The summed E-state index contributed by atoms with van der Waals surface area (Å²) in [7, 11) is 0. The van der Waals surface area contributed by atoms with Gasteiger partial charge in [-0.1, -0.05) is 6.42 Å². The minimum absolute atomic E-state index is 0.0617. The molecule has 0 aromatic carbocycles. The number of hydrogen-bond acceptors (Lipinski definition) is 2. The van der Waals surface area contributed by atoms with Gasteiger partial charge in [-0.2, -0.15) is 17.6 Å². The molecule has 1 heterocycles. The highest BCUT2D eigenvalue weighted by Gasteiger charge is 2.42. The molecule has 1 amide bonds. The third-order valence-electron chi connectivity index (χ3n) is 3.46. The van der Waals surface area contributed by atoms with Crippen molar-refractivity contribution in [2.45, 2.75) is 37.9 Å². The molecule has 2 unspecified atom stereocenters. The van der Waals surface area contributed by atoms with Crippen LogP contribution in [0.15, 0.2) is 18.3 Å². The minimum Gasteiger partial charge on any atom is -0.349 e. The number of alkyl halides is 3. The molecule has 0 radical (unpaired) electrons. The minimum atomic E-state index is -4.23. The summed E-state index contributed by atoms with van der Waals surface area (Å²) in [5, 5.41) is 2.53. The van der Waals surface area contributed by atoms with Gasteiger partial charge in [-0.15, -0.1) is 0 Å². The lowest BCUT2D eigenvalue weighted by Gasteiger charge is -2.31. The average Bonchev–Trinajstić information content (AvgIpc) is 2.38. The largest absolute Gasteiger partial charge is 0.391 e. The number of hydrogen-bond donors (Lipinski definition) is 1. The van der Waals surface area contributed by atoms with Gasteiger partial charge in [0.15, 0.2) is 0 Å². The van der Waals surface area contributed by atoms with Crippen LogP contribution in [0.2, 0.25) is 0 Å². The lowest BCUT2D eigenvalue weighted by molar-refractivity contribution is -0.183. The van der Waals surface area contributed by atoms with Crippen LogP contribution in [0, 0.1) is 11.9 Å². The highest BCUT2D eigenvalue weighted by atomic mass is 19.4. The monoisotopic (exact) mass is 290 g/mol. The second-order valence-electron chi connectivity index (χ2n) is 4.94. The first kappa shape index (κ1) is 14.7. The summed E-state index contributed by atoms with van der Waals surface area (Å²) >= 11 is 0. The Bertz CT molecular complexity index is 490. The van der Waals surface area contributed by atoms with E-state index < -0.39 is 30.0 Å². The Morgan fingerprint density at radius 2 is 2.10 bits per heavy atom. The summed E-state index contributed by atoms with van der Waals surface area (Å²) in [4.78, 5) is 15.2. The van der Waals surface area contributed by atoms with Gasteiger partial charge in [-0.25, -0.2) is 4.98 Å². The van der Waals surface area contributed by atoms with E-state index in [-0.39, 0.29) is 18.4 Å². The maximum Gasteiger partial charge on any atom is 0.391 e. The van der Waals surface area contributed by atoms with Crippen LogP contribution >= 0.6 is 0 Å². The fourth-order valence-electron chi connectivity index (χ4n) is 2.43. The highest BCUT2D eigenvalue weighted by Crippen LogP contribution is 2.37. The molecule has 3 nitrogen and oxygen atoms in total. The predicted molar refractivity (Wildman–Crippen MR) is 63.5 cm³/mol. The normalized spacial score (nSPS) is 23.4. The van der Waals surface area contributed by atoms with E-state index >= 15 is 0 Å². The molecular weight excluding hydrogens is 276 g/mol. The summed E-state index contributed by atoms with van der Waals surface area (Å²) in [6.07, 6.45) is -2.19. The first-order valence-electron chi connectivity index (χ1n) is 6.35. The van der Waals surface area contributed by atoms with E-state index in [1.165, 1.54) is 6.07 Å². The maximum absolute atomic E-state index is 12.9. The zero-order valence-electron chi connectivity index (χ0n) is 10.6. The van der Waals surface area contributed by atoms with Crippen LogP contribution in [0.1, 0.15) is 36.0 Å². The van der Waals surface area contributed by atoms with Crippen LogP contribution in [0.25, 0.3) is 0 Å². The average molecular weight is 290 g/mol. The van der Waals surface area contributed by atoms with Gasteiger partial charge in [-0.05, 0) is 25.3 Å². The summed E-state index contributed by atoms with van der Waals surface area (Å²) in [6, 6.07) is 1.75. The van der Waals surface area contributed by atoms with Crippen LogP contribution in [0.3, 0.4) is 0 Å². The van der Waals surface area contributed by atoms with Gasteiger partial charge in [0.2, 0.25) is 5.95 Å². The number of nitrogens with zero attached hydrogens (tertiary/aromatic N) is 1. The quantitative estimate of drug-likeness (QED) is 0.672. The third kappa shape index (κ3) is 3.68. The molecule has 2 rings (SSSR count). The highest BCUT2D eigenvalue weighted by molar-refractivity contribution is 5.94. The summed E-state index contributed by atoms with van der Waals surface area (Å²) < 4.78 is 50.9. The van der Waals surface area contributed by atoms with Gasteiger partial charge in [0.05, 0.1) is 5.92 Å². The Morgan fingerprint density at radius 3 is 2.75 bits per heavy atom. The molecular formula is C13H14F4N2O. The zero-order chi connectivity index (χ0) is 14.8. The molecule has 1 aromatic rings. The number of aromatic nitrogens is 1. The van der Waals surface area contributed by atoms with Crippen molar-refractivity contribution < 1.29 is 22.4 Å². The number of pyridine rings is 1. The molecule has 110 valence electrons. The van der Waals surface area contributed by atoms with Crippen molar-refractivity contribution in [2.24, 2.45) is 5.92 Å². The molecule has 1 fully saturated rings. The second-order valence-corrected chi connectivity index (χ2v) is 4.94. The van der Waals surface area contributed by atoms with E-state index in [1.54, 1.807) is 0 Å². The number of rotatable bonds is 2. The maximum atomic E-state index is 12.9. The fraction of sp³-hybridized carbons (Fsp3) is 0.538. The second kappa shape index (κ2) is 5.76. The van der Waals surface area contributed by atoms with Crippen molar-refractivity contribution in [3.63, 3.8) is 0 Å². The van der Waals surface area contributed by atoms with Crippen molar-refractivity contribution >= 4 is 5.91 Å². The summed E-state index contributed by atoms with van der Waals surface area (Å²) in [5.74, 6) is -2.75. The van der Waals surface area contributed by atoms with Crippen molar-refractivity contribution in [1.82, 2.24) is 10.3 Å². The standard InChI is InChI=1S/C13H14F4N2O/c14-11-6-8(4-5-18-11)12(20)19-10-3-1-2-9(7-10)13(15,16)17/h4-6,9-10H,1-3,7H2,(H,19,20). The van der Waals surface area contributed by atoms with E-state index in [1.807, 2.05) is 0 Å². The number of amides is 1. The Kier molecular flexibility index (Phi) is 4.25. The van der Waals surface area contributed by atoms with Crippen LogP contribution < -0.4 is 5.32 Å². The molecule has 1 N–H and O–H groups in total. The molecule has 0 spiro atoms. The molecule has 2 atom stereocenters. The van der Waals surface area contributed by atoms with E-state index in [0.29, 0.717) is 12.8 Å². The topological polar surface area (TPSA) is 42.0 Å². The third-order valence-corrected chi connectivity index (χ3v) is 3.46. The van der Waals surface area contributed by atoms with Crippen molar-refractivity contribution in [3.8, 4) is 0 Å². The number of halogens is 4. The van der Waals surface area contributed by atoms with Crippen LogP contribution in [-0.4, -0.2) is 23.1 Å². The van der Waals surface area contributed by atoms with E-state index in [2.05, 4.69) is 10.3 Å². The number of carbonyl (C=O) groups excluding carboxylic acids is 1. The van der Waals surface area contributed by atoms with Gasteiger partial charge >= 0.3 is 6.18 Å². The Balaban J connectivity index is 1.98. The van der Waals surface area contributed by atoms with E-state index in [0.717, 1.165) is 12.3 Å². The fourth-order valence-corrected chi connectivity index (χ4v) is 2.43. The molecule has 0 bridgehead atoms. The molecule has 1 aliphatic rings. The predicted octanol–water partition coefficient (Wildman–Crippen LogP) is 3.07. The van der Waals surface area contributed by atoms with Gasteiger partial charge < -0.3 is 5.32 Å². The molecule has 1 aromatic heterocycles. The lowest BCUT2D eigenvalue weighted by atomic mass is 9.85. The van der Waals surface area contributed by atoms with Gasteiger partial charge in [0, 0.05) is 23.9 Å². The summed E-state index contributed by atoms with van der Waals surface area (Å²) in [5.41, 5.74) is 0.0617. The van der Waals surface area contributed by atoms with Crippen LogP contribution in [0.4, 0.5) is 17.6 Å². The lowest BCUT2D eigenvalue weighted by Crippen LogP contribution is -2.41. The van der Waals surface area contributed by atoms with Gasteiger partial charge in [0.25, 0.3) is 5.91 Å². The zero-order valence-corrected chi connectivity index (χ0v) is 10.6. The molecule has 1 saturated carbocycles. The van der Waals surface area contributed by atoms with Crippen molar-refractivity contribution in [3.05, 3.63) is 29.8 Å². The van der Waals surface area contributed by atoms with Crippen molar-refractivity contribution in [2.75, 3.05) is 0 Å².